The van der Waals surface area contributed by atoms with Gasteiger partial charge in [0.25, 0.3) is 0 Å². The summed E-state index contributed by atoms with van der Waals surface area (Å²) < 4.78 is 1.26. The molecule has 2 aliphatic rings. The fraction of sp³-hybridized carbons (Fsp3) is 0.143. The molecule has 4 aromatic carbocycles. The van der Waals surface area contributed by atoms with Crippen LogP contribution in [0.15, 0.2) is 97.1 Å². The first kappa shape index (κ1) is 21.9. The summed E-state index contributed by atoms with van der Waals surface area (Å²) in [5, 5.41) is 16.5. The van der Waals surface area contributed by atoms with Crippen molar-refractivity contribution in [1.82, 2.24) is 0 Å². The van der Waals surface area contributed by atoms with Crippen molar-refractivity contribution in [2.24, 2.45) is 0 Å². The van der Waals surface area contributed by atoms with Gasteiger partial charge < -0.3 is 10.2 Å². The number of hydrogen-bond acceptors (Lipinski definition) is 2. The minimum atomic E-state index is -0.828. The summed E-state index contributed by atoms with van der Waals surface area (Å²) in [6, 6.07) is 36.3. The topological polar surface area (TPSA) is 46.1 Å². The van der Waals surface area contributed by atoms with Crippen molar-refractivity contribution in [2.75, 3.05) is 14.2 Å². The molecule has 4 aromatic rings. The van der Waals surface area contributed by atoms with Crippen LogP contribution < -0.4 is 10.2 Å². The van der Waals surface area contributed by atoms with Gasteiger partial charge in [-0.15, -0.1) is 0 Å². The number of hydrogen-bond donors (Lipinski definition) is 0. The monoisotopic (exact) mass is 482 g/mol. The molecule has 0 unspecified atom stereocenters. The van der Waals surface area contributed by atoms with Crippen LogP contribution in [-0.2, 0) is 23.2 Å². The molecule has 0 fully saturated rings. The Morgan fingerprint density at radius 3 is 0.903 bits per heavy atom. The van der Waals surface area contributed by atoms with Gasteiger partial charge in [-0.2, -0.15) is 14.2 Å². The van der Waals surface area contributed by atoms with E-state index in [0.717, 1.165) is 14.2 Å². The zero-order chi connectivity index (χ0) is 21.8. The molecular weight excluding hydrogens is 460 g/mol. The Kier molecular flexibility index (Phi) is 6.97. The Morgan fingerprint density at radius 2 is 0.645 bits per heavy atom. The summed E-state index contributed by atoms with van der Waals surface area (Å²) in [5.41, 5.74) is 12.1. The van der Waals surface area contributed by atoms with Gasteiger partial charge in [0.2, 0.25) is 0 Å². The molecule has 0 aromatic heterocycles. The summed E-state index contributed by atoms with van der Waals surface area (Å²) in [4.78, 5) is 0. The average molecular weight is 484 g/mol. The first-order valence-corrected chi connectivity index (χ1v) is 13.2. The van der Waals surface area contributed by atoms with Crippen LogP contribution in [-0.4, -0.2) is 14.2 Å². The van der Waals surface area contributed by atoms with E-state index in [4.69, 9.17) is 10.2 Å². The fourth-order valence-corrected chi connectivity index (χ4v) is 9.90. The van der Waals surface area contributed by atoms with Crippen LogP contribution in [0.1, 0.15) is 29.5 Å². The van der Waals surface area contributed by atoms with Gasteiger partial charge in [-0.3, -0.25) is 0 Å². The van der Waals surface area contributed by atoms with E-state index in [0.29, 0.717) is 7.25 Å². The third-order valence-corrected chi connectivity index (χ3v) is 10.7. The van der Waals surface area contributed by atoms with Crippen molar-refractivity contribution in [3.8, 4) is 22.3 Å². The van der Waals surface area contributed by atoms with E-state index in [9.17, 15) is 0 Å². The summed E-state index contributed by atoms with van der Waals surface area (Å²) in [6.07, 6.45) is 0. The van der Waals surface area contributed by atoms with Gasteiger partial charge >= 0.3 is 172 Å². The van der Waals surface area contributed by atoms with E-state index in [1.54, 1.807) is 22.3 Å². The molecule has 152 valence electrons. The molecular formula is C28H24O2Zr. The molecule has 0 saturated carbocycles. The van der Waals surface area contributed by atoms with Crippen LogP contribution in [0.3, 0.4) is 0 Å². The second kappa shape index (κ2) is 9.87. The molecule has 31 heavy (non-hydrogen) atoms. The van der Waals surface area contributed by atoms with Gasteiger partial charge in [0, 0.05) is 0 Å². The number of benzene rings is 4. The van der Waals surface area contributed by atoms with Crippen molar-refractivity contribution in [2.45, 2.75) is 7.25 Å². The van der Waals surface area contributed by atoms with Crippen molar-refractivity contribution < 1.29 is 33.4 Å². The van der Waals surface area contributed by atoms with Gasteiger partial charge in [-0.05, 0) is 0 Å². The van der Waals surface area contributed by atoms with Crippen LogP contribution >= 0.6 is 0 Å². The molecule has 6 rings (SSSR count). The summed E-state index contributed by atoms with van der Waals surface area (Å²) in [7, 11) is 1.50. The molecule has 0 aliphatic heterocycles. The van der Waals surface area contributed by atoms with Crippen LogP contribution in [0.2, 0.25) is 0 Å². The maximum absolute atomic E-state index is 8.25. The summed E-state index contributed by atoms with van der Waals surface area (Å²) in [6.45, 7) is 0. The minimum absolute atomic E-state index is 0.630. The summed E-state index contributed by atoms with van der Waals surface area (Å²) >= 11 is -0.828. The molecule has 0 radical (unpaired) electrons. The molecule has 3 heteroatoms. The normalized spacial score (nSPS) is 12.8. The molecule has 2 nitrogen and oxygen atoms in total. The Labute approximate surface area is 195 Å². The van der Waals surface area contributed by atoms with Crippen molar-refractivity contribution >= 4 is 0 Å². The molecule has 0 N–H and O–H groups in total. The SMILES string of the molecule is C[O-].C[O-].c1ccc2c(c1)-c1ccccc1[CH]2[Zr+2][CH]1c2ccccc2-c2ccccc21. The molecule has 0 saturated heterocycles. The van der Waals surface area contributed by atoms with Gasteiger partial charge in [0.15, 0.2) is 0 Å². The van der Waals surface area contributed by atoms with Gasteiger partial charge in [0.05, 0.1) is 0 Å². The molecule has 2 aliphatic carbocycles. The Bertz CT molecular complexity index is 1000. The Morgan fingerprint density at radius 1 is 0.419 bits per heavy atom. The zero-order valence-electron chi connectivity index (χ0n) is 17.7. The molecule has 0 heterocycles. The Balaban J connectivity index is 0.000000549. The van der Waals surface area contributed by atoms with E-state index in [-0.39, 0.29) is 0 Å². The van der Waals surface area contributed by atoms with E-state index in [1.807, 2.05) is 0 Å². The Hall–Kier alpha value is -2.32. The van der Waals surface area contributed by atoms with Gasteiger partial charge in [0.1, 0.15) is 0 Å². The van der Waals surface area contributed by atoms with Gasteiger partial charge in [-0.1, -0.05) is 0 Å². The van der Waals surface area contributed by atoms with Crippen molar-refractivity contribution in [1.29, 1.82) is 0 Å². The van der Waals surface area contributed by atoms with E-state index in [1.165, 1.54) is 22.3 Å². The predicted octanol–water partition coefficient (Wildman–Crippen LogP) is 4.56. The first-order valence-electron chi connectivity index (χ1n) is 10.4. The third-order valence-electron chi connectivity index (χ3n) is 6.00. The van der Waals surface area contributed by atoms with Crippen LogP contribution in [0.25, 0.3) is 22.3 Å². The number of fused-ring (bicyclic) bond motifs is 6. The maximum atomic E-state index is 8.25. The van der Waals surface area contributed by atoms with E-state index < -0.39 is 23.2 Å². The number of rotatable bonds is 2. The first-order chi connectivity index (χ1) is 15.4. The third kappa shape index (κ3) is 3.76. The fourth-order valence-electron chi connectivity index (χ4n) is 4.84. The molecule has 0 amide bonds. The molecule has 0 bridgehead atoms. The van der Waals surface area contributed by atoms with Crippen LogP contribution in [0.5, 0.6) is 0 Å². The van der Waals surface area contributed by atoms with Crippen molar-refractivity contribution in [3.63, 3.8) is 0 Å². The van der Waals surface area contributed by atoms with E-state index >= 15 is 0 Å². The average Bonchev–Trinajstić information content (AvgIpc) is 3.36. The van der Waals surface area contributed by atoms with E-state index in [2.05, 4.69) is 97.1 Å². The quantitative estimate of drug-likeness (QED) is 0.420. The zero-order valence-corrected chi connectivity index (χ0v) is 20.2. The van der Waals surface area contributed by atoms with Crippen molar-refractivity contribution in [3.05, 3.63) is 119 Å². The molecule has 0 spiro atoms. The molecule has 0 atom stereocenters. The van der Waals surface area contributed by atoms with Crippen LogP contribution in [0.4, 0.5) is 0 Å². The second-order valence-corrected chi connectivity index (χ2v) is 11.0. The van der Waals surface area contributed by atoms with Gasteiger partial charge in [-0.25, -0.2) is 0 Å². The van der Waals surface area contributed by atoms with Crippen LogP contribution in [0, 0.1) is 0 Å². The standard InChI is InChI=1S/2C13H9.2CH3O.Zr/c2*1-3-7-12-10(5-1)9-11-6-2-4-8-13(11)12;2*1-2;/h2*1-9H;2*1H3;/q;;2*-1;+2. The summed E-state index contributed by atoms with van der Waals surface area (Å²) in [5.74, 6) is 0. The second-order valence-electron chi connectivity index (χ2n) is 7.38. The predicted molar refractivity (Wildman–Crippen MR) is 119 cm³/mol.